The molecule has 5 aromatic carbocycles. The average molecular weight is 972 g/mol. The van der Waals surface area contributed by atoms with Gasteiger partial charge in [0, 0.05) is 31.7 Å². The van der Waals surface area contributed by atoms with Crippen molar-refractivity contribution >= 4 is 50.4 Å². The van der Waals surface area contributed by atoms with Crippen LogP contribution >= 0.6 is 0 Å². The van der Waals surface area contributed by atoms with Crippen LogP contribution in [0.3, 0.4) is 0 Å². The monoisotopic (exact) mass is 973 g/mol. The molecule has 285 valence electrons. The predicted octanol–water partition coefficient (Wildman–Crippen LogP) is 13.3. The Bertz CT molecular complexity index is 2580. The second-order valence-electron chi connectivity index (χ2n) is 16.7. The maximum absolute atomic E-state index is 6.40. The van der Waals surface area contributed by atoms with Gasteiger partial charge in [0.2, 0.25) is 0 Å². The molecule has 0 unspecified atom stereocenters. The Morgan fingerprint density at radius 1 is 0.750 bits per heavy atom. The third-order valence-electron chi connectivity index (χ3n) is 11.0. The molecule has 3 heterocycles. The Hall–Kier alpha value is -4.35. The minimum atomic E-state index is -1.91. The first-order chi connectivity index (χ1) is 26.7. The molecule has 1 radical (unpaired) electrons. The summed E-state index contributed by atoms with van der Waals surface area (Å²) in [6, 6.07) is 47.2. The fourth-order valence-corrected chi connectivity index (χ4v) is 11.6. The van der Waals surface area contributed by atoms with E-state index in [0.29, 0.717) is 5.92 Å². The first kappa shape index (κ1) is 39.9. The minimum absolute atomic E-state index is 0. The van der Waals surface area contributed by atoms with Gasteiger partial charge in [-0.25, -0.2) is 0 Å². The second-order valence-corrected chi connectivity index (χ2v) is 27.3. The molecule has 3 aromatic heterocycles. The van der Waals surface area contributed by atoms with Gasteiger partial charge in [0.25, 0.3) is 0 Å². The molecule has 0 amide bonds. The van der Waals surface area contributed by atoms with Crippen molar-refractivity contribution in [3.8, 4) is 33.6 Å². The molecular formula is C51H50GeIrN2O-2. The Morgan fingerprint density at radius 3 is 2.29 bits per heavy atom. The topological polar surface area (TPSA) is 38.9 Å². The van der Waals surface area contributed by atoms with E-state index in [-0.39, 0.29) is 20.1 Å². The number of rotatable bonds is 8. The van der Waals surface area contributed by atoms with Crippen LogP contribution < -0.4 is 4.40 Å². The molecule has 56 heavy (non-hydrogen) atoms. The van der Waals surface area contributed by atoms with Crippen molar-refractivity contribution in [3.05, 3.63) is 151 Å². The van der Waals surface area contributed by atoms with Crippen LogP contribution in [-0.2, 0) is 32.9 Å². The van der Waals surface area contributed by atoms with Crippen molar-refractivity contribution in [2.45, 2.75) is 69.6 Å². The molecule has 0 N–H and O–H groups in total. The fraction of sp³-hybridized carbons (Fsp3) is 0.255. The second kappa shape index (κ2) is 17.4. The number of nitrogens with zero attached hydrogens (tertiary/aromatic N) is 2. The van der Waals surface area contributed by atoms with E-state index in [1.165, 1.54) is 57.5 Å². The van der Waals surface area contributed by atoms with Crippen molar-refractivity contribution in [1.29, 1.82) is 0 Å². The summed E-state index contributed by atoms with van der Waals surface area (Å²) in [5, 5.41) is 4.72. The van der Waals surface area contributed by atoms with Gasteiger partial charge in [-0.05, 0) is 41.3 Å². The summed E-state index contributed by atoms with van der Waals surface area (Å²) in [4.78, 5) is 9.48. The van der Waals surface area contributed by atoms with E-state index in [1.807, 2.05) is 18.3 Å². The molecule has 3 nitrogen and oxygen atoms in total. The minimum Gasteiger partial charge on any atom is -0.501 e. The van der Waals surface area contributed by atoms with E-state index >= 15 is 0 Å². The number of benzene rings is 5. The van der Waals surface area contributed by atoms with Crippen molar-refractivity contribution in [2.75, 3.05) is 0 Å². The van der Waals surface area contributed by atoms with Gasteiger partial charge in [0.05, 0.1) is 5.58 Å². The van der Waals surface area contributed by atoms with E-state index in [4.69, 9.17) is 9.40 Å². The SMILES string of the molecule is CC(C)Cc1cc(-c2[c-]cc3ccccc3c2)nc[c]1[Ge]([CH3])([CH3])[CH3].[Ir].[c-]1ccc2c(oc3cc(-c4ccccc4)ccc32)c1-c1cc(CC2CCCC2)ccn1. The van der Waals surface area contributed by atoms with E-state index in [9.17, 15) is 0 Å². The fourth-order valence-electron chi connectivity index (χ4n) is 8.23. The number of pyridine rings is 2. The standard InChI is InChI=1S/C29H24NO.C22H26GeN.Ir/c1-2-9-22(10-3-1)23-13-14-24-25-11-6-12-26(29(25)31-28(24)19-23)27-18-21(15-16-30-27)17-20-7-4-5-8-20;1-16(2)12-20-14-22(24-15-21(20)23(3,4)5)19-11-10-17-8-6-7-9-18(17)13-19;/h1-3,6,9-11,13-16,18-20H,4-5,7-8,17H2;6-10,13-16H,12H2,1-5H3;/q2*-1;. The smallest absolute Gasteiger partial charge is 0.121 e. The molecular weight excluding hydrogens is 921 g/mol. The Morgan fingerprint density at radius 2 is 1.52 bits per heavy atom. The van der Waals surface area contributed by atoms with Gasteiger partial charge in [0.15, 0.2) is 0 Å². The van der Waals surface area contributed by atoms with Gasteiger partial charge >= 0.3 is 148 Å². The third kappa shape index (κ3) is 8.94. The molecule has 0 atom stereocenters. The summed E-state index contributed by atoms with van der Waals surface area (Å²) >= 11 is -1.91. The van der Waals surface area contributed by atoms with Gasteiger partial charge in [-0.2, -0.15) is 0 Å². The third-order valence-corrected chi connectivity index (χ3v) is 15.3. The van der Waals surface area contributed by atoms with Crippen LogP contribution in [0.1, 0.15) is 50.7 Å². The van der Waals surface area contributed by atoms with Gasteiger partial charge in [-0.3, -0.25) is 0 Å². The number of fused-ring (bicyclic) bond motifs is 4. The summed E-state index contributed by atoms with van der Waals surface area (Å²) in [7, 11) is 0. The van der Waals surface area contributed by atoms with Gasteiger partial charge in [-0.1, -0.05) is 90.7 Å². The summed E-state index contributed by atoms with van der Waals surface area (Å²) in [5.41, 5.74) is 11.0. The Balaban J connectivity index is 0.000000175. The number of aromatic nitrogens is 2. The predicted molar refractivity (Wildman–Crippen MR) is 234 cm³/mol. The summed E-state index contributed by atoms with van der Waals surface area (Å²) in [6.07, 6.45) is 11.8. The number of hydrogen-bond donors (Lipinski definition) is 0. The average Bonchev–Trinajstić information content (AvgIpc) is 3.85. The summed E-state index contributed by atoms with van der Waals surface area (Å²) < 4.78 is 7.94. The zero-order chi connectivity index (χ0) is 37.9. The van der Waals surface area contributed by atoms with Crippen LogP contribution in [0.5, 0.6) is 0 Å². The van der Waals surface area contributed by atoms with E-state index in [2.05, 4.69) is 158 Å². The maximum atomic E-state index is 6.40. The van der Waals surface area contributed by atoms with Gasteiger partial charge < -0.3 is 9.40 Å². The molecule has 8 aromatic rings. The van der Waals surface area contributed by atoms with Gasteiger partial charge in [0.1, 0.15) is 5.58 Å². The number of furan rings is 1. The van der Waals surface area contributed by atoms with Crippen LogP contribution in [0.15, 0.2) is 132 Å². The van der Waals surface area contributed by atoms with Crippen molar-refractivity contribution in [1.82, 2.24) is 9.97 Å². The Labute approximate surface area is 348 Å². The molecule has 9 rings (SSSR count). The van der Waals surface area contributed by atoms with Crippen molar-refractivity contribution < 1.29 is 24.5 Å². The molecule has 0 saturated heterocycles. The Kier molecular flexibility index (Phi) is 12.4. The van der Waals surface area contributed by atoms with E-state index < -0.39 is 13.3 Å². The maximum Gasteiger partial charge on any atom is 0.121 e. The molecule has 1 aliphatic rings. The van der Waals surface area contributed by atoms with E-state index in [0.717, 1.165) is 68.8 Å². The molecule has 0 bridgehead atoms. The largest absolute Gasteiger partial charge is 0.501 e. The molecule has 1 aliphatic carbocycles. The van der Waals surface area contributed by atoms with Crippen LogP contribution in [0.25, 0.3) is 66.4 Å². The zero-order valence-corrected chi connectivity index (χ0v) is 37.7. The van der Waals surface area contributed by atoms with E-state index in [1.54, 1.807) is 0 Å². The molecule has 0 aliphatic heterocycles. The molecule has 0 spiro atoms. The van der Waals surface area contributed by atoms with Crippen LogP contribution in [0.4, 0.5) is 0 Å². The normalized spacial score (nSPS) is 13.2. The molecule has 1 saturated carbocycles. The van der Waals surface area contributed by atoms with Crippen LogP contribution in [-0.4, -0.2) is 23.2 Å². The summed E-state index contributed by atoms with van der Waals surface area (Å²) in [6.45, 7) is 4.59. The van der Waals surface area contributed by atoms with Crippen LogP contribution in [0, 0.1) is 24.0 Å². The first-order valence-electron chi connectivity index (χ1n) is 20.0. The van der Waals surface area contributed by atoms with Crippen molar-refractivity contribution in [3.63, 3.8) is 0 Å². The molecule has 1 fully saturated rings. The van der Waals surface area contributed by atoms with Crippen LogP contribution in [0.2, 0.25) is 17.3 Å². The van der Waals surface area contributed by atoms with Crippen molar-refractivity contribution in [2.24, 2.45) is 11.8 Å². The summed E-state index contributed by atoms with van der Waals surface area (Å²) in [5.74, 6) is 8.82. The quantitative estimate of drug-likeness (QED) is 0.112. The zero-order valence-electron chi connectivity index (χ0n) is 33.2. The first-order valence-corrected chi connectivity index (χ1v) is 27.3. The molecule has 5 heteroatoms. The number of hydrogen-bond acceptors (Lipinski definition) is 3. The van der Waals surface area contributed by atoms with Gasteiger partial charge in [-0.15, -0.1) is 18.2 Å².